The van der Waals surface area contributed by atoms with Crippen LogP contribution in [0, 0.1) is 5.92 Å². The molecule has 0 bridgehead atoms. The number of hydrogen-bond acceptors (Lipinski definition) is 4. The number of nitrogens with zero attached hydrogens (tertiary/aromatic N) is 1. The number of H-pyrrole nitrogens is 1. The second-order valence-corrected chi connectivity index (χ2v) is 6.44. The third-order valence-electron chi connectivity index (χ3n) is 4.06. The topological polar surface area (TPSA) is 54.6 Å². The number of likely N-dealkylation sites (N-methyl/N-ethyl adjacent to an activating group) is 1. The number of aromatic amines is 1. The van der Waals surface area contributed by atoms with Crippen molar-refractivity contribution in [2.75, 3.05) is 20.6 Å². The minimum atomic E-state index is -0.578. The highest BCUT2D eigenvalue weighted by Crippen LogP contribution is 2.32. The molecule has 0 spiro atoms. The van der Waals surface area contributed by atoms with Crippen LogP contribution in [0.1, 0.15) is 25.3 Å². The quantitative estimate of drug-likeness (QED) is 0.630. The molecular weight excluding hydrogens is 292 g/mol. The maximum atomic E-state index is 11.8. The van der Waals surface area contributed by atoms with E-state index in [1.807, 2.05) is 24.4 Å². The van der Waals surface area contributed by atoms with Crippen LogP contribution in [-0.2, 0) is 16.0 Å². The lowest BCUT2D eigenvalue weighted by atomic mass is 10.1. The van der Waals surface area contributed by atoms with Gasteiger partial charge in [0.1, 0.15) is 5.75 Å². The highest BCUT2D eigenvalue weighted by atomic mass is 16.7. The van der Waals surface area contributed by atoms with Crippen LogP contribution in [0.25, 0.3) is 10.9 Å². The van der Waals surface area contributed by atoms with Crippen molar-refractivity contribution in [3.63, 3.8) is 0 Å². The first-order valence-corrected chi connectivity index (χ1v) is 8.15. The first-order chi connectivity index (χ1) is 11.0. The number of carbonyl (C=O) groups excluding carboxylic acids is 1. The Morgan fingerprint density at radius 1 is 1.39 bits per heavy atom. The van der Waals surface area contributed by atoms with E-state index in [0.29, 0.717) is 0 Å². The number of aromatic nitrogens is 1. The predicted molar refractivity (Wildman–Crippen MR) is 89.5 cm³/mol. The molecule has 23 heavy (non-hydrogen) atoms. The van der Waals surface area contributed by atoms with Gasteiger partial charge in [-0.1, -0.05) is 6.07 Å². The van der Waals surface area contributed by atoms with Gasteiger partial charge in [-0.25, -0.2) is 0 Å². The summed E-state index contributed by atoms with van der Waals surface area (Å²) in [5, 5.41) is 1.07. The van der Waals surface area contributed by atoms with E-state index in [2.05, 4.69) is 24.0 Å². The molecule has 1 aliphatic rings. The smallest absolute Gasteiger partial charge is 0.311 e. The molecule has 1 unspecified atom stereocenters. The van der Waals surface area contributed by atoms with Crippen molar-refractivity contribution >= 4 is 16.9 Å². The SMILES string of the molecule is CC(OC(=O)C1CC1)Oc1cccc2[nH]cc(CCN(C)C)c12. The Kier molecular flexibility index (Phi) is 4.57. The van der Waals surface area contributed by atoms with Crippen LogP contribution in [0.5, 0.6) is 5.75 Å². The van der Waals surface area contributed by atoms with Gasteiger partial charge in [0.2, 0.25) is 6.29 Å². The lowest BCUT2D eigenvalue weighted by molar-refractivity contribution is -0.162. The molecular formula is C18H24N2O3. The number of hydrogen-bond donors (Lipinski definition) is 1. The zero-order valence-corrected chi connectivity index (χ0v) is 14.0. The Bertz CT molecular complexity index is 689. The molecule has 5 heteroatoms. The third kappa shape index (κ3) is 3.85. The molecule has 2 aromatic rings. The summed E-state index contributed by atoms with van der Waals surface area (Å²) in [5.74, 6) is 0.694. The van der Waals surface area contributed by atoms with Crippen LogP contribution in [0.2, 0.25) is 0 Å². The number of ether oxygens (including phenoxy) is 2. The summed E-state index contributed by atoms with van der Waals surface area (Å²) in [6.45, 7) is 2.73. The average Bonchev–Trinajstić information content (AvgIpc) is 3.26. The Hall–Kier alpha value is -2.01. The minimum Gasteiger partial charge on any atom is -0.454 e. The minimum absolute atomic E-state index is 0.0831. The number of esters is 1. The molecule has 1 N–H and O–H groups in total. The number of rotatable bonds is 7. The van der Waals surface area contributed by atoms with Gasteiger partial charge in [-0.3, -0.25) is 4.79 Å². The van der Waals surface area contributed by atoms with Gasteiger partial charge in [-0.05, 0) is 51.1 Å². The Labute approximate surface area is 136 Å². The number of nitrogens with one attached hydrogen (secondary N) is 1. The van der Waals surface area contributed by atoms with Gasteiger partial charge in [-0.15, -0.1) is 0 Å². The van der Waals surface area contributed by atoms with Gasteiger partial charge >= 0.3 is 5.97 Å². The number of fused-ring (bicyclic) bond motifs is 1. The summed E-state index contributed by atoms with van der Waals surface area (Å²) in [5.41, 5.74) is 2.25. The Morgan fingerprint density at radius 3 is 2.87 bits per heavy atom. The second-order valence-electron chi connectivity index (χ2n) is 6.44. The van der Waals surface area contributed by atoms with E-state index in [-0.39, 0.29) is 11.9 Å². The van der Waals surface area contributed by atoms with Crippen molar-refractivity contribution in [3.05, 3.63) is 30.0 Å². The van der Waals surface area contributed by atoms with Crippen molar-refractivity contribution < 1.29 is 14.3 Å². The normalized spacial score (nSPS) is 15.8. The summed E-state index contributed by atoms with van der Waals surface area (Å²) in [6, 6.07) is 5.90. The molecule has 1 aromatic carbocycles. The molecule has 1 heterocycles. The fourth-order valence-corrected chi connectivity index (χ4v) is 2.64. The van der Waals surface area contributed by atoms with Crippen LogP contribution < -0.4 is 4.74 Å². The van der Waals surface area contributed by atoms with E-state index in [4.69, 9.17) is 9.47 Å². The van der Waals surface area contributed by atoms with Crippen LogP contribution in [0.3, 0.4) is 0 Å². The summed E-state index contributed by atoms with van der Waals surface area (Å²) >= 11 is 0. The number of benzene rings is 1. The van der Waals surface area contributed by atoms with E-state index in [0.717, 1.165) is 42.5 Å². The third-order valence-corrected chi connectivity index (χ3v) is 4.06. The van der Waals surface area contributed by atoms with Crippen molar-refractivity contribution in [1.29, 1.82) is 0 Å². The highest BCUT2D eigenvalue weighted by Gasteiger charge is 2.32. The van der Waals surface area contributed by atoms with E-state index < -0.39 is 6.29 Å². The van der Waals surface area contributed by atoms with Crippen LogP contribution in [0.15, 0.2) is 24.4 Å². The first kappa shape index (κ1) is 15.9. The van der Waals surface area contributed by atoms with Gasteiger partial charge in [-0.2, -0.15) is 0 Å². The van der Waals surface area contributed by atoms with Gasteiger partial charge < -0.3 is 19.4 Å². The monoisotopic (exact) mass is 316 g/mol. The van der Waals surface area contributed by atoms with Gasteiger partial charge in [0, 0.05) is 30.6 Å². The van der Waals surface area contributed by atoms with Crippen molar-refractivity contribution in [1.82, 2.24) is 9.88 Å². The maximum Gasteiger partial charge on any atom is 0.311 e. The molecule has 1 saturated carbocycles. The van der Waals surface area contributed by atoms with E-state index in [1.54, 1.807) is 6.92 Å². The van der Waals surface area contributed by atoms with Gasteiger partial charge in [0.05, 0.1) is 5.92 Å². The van der Waals surface area contributed by atoms with Crippen molar-refractivity contribution in [2.45, 2.75) is 32.5 Å². The first-order valence-electron chi connectivity index (χ1n) is 8.15. The summed E-state index contributed by atoms with van der Waals surface area (Å²) < 4.78 is 11.3. The van der Waals surface area contributed by atoms with Gasteiger partial charge in [0.25, 0.3) is 0 Å². The molecule has 0 aliphatic heterocycles. The summed E-state index contributed by atoms with van der Waals surface area (Å²) in [7, 11) is 4.12. The van der Waals surface area contributed by atoms with Crippen LogP contribution in [-0.4, -0.2) is 42.8 Å². The lowest BCUT2D eigenvalue weighted by Gasteiger charge is -2.17. The van der Waals surface area contributed by atoms with Crippen LogP contribution in [0.4, 0.5) is 0 Å². The Morgan fingerprint density at radius 2 is 2.17 bits per heavy atom. The van der Waals surface area contributed by atoms with E-state index in [1.165, 1.54) is 5.56 Å². The number of carbonyl (C=O) groups is 1. The van der Waals surface area contributed by atoms with Crippen molar-refractivity contribution in [2.24, 2.45) is 5.92 Å². The molecule has 1 aliphatic carbocycles. The molecule has 1 fully saturated rings. The predicted octanol–water partition coefficient (Wildman–Crippen LogP) is 2.95. The highest BCUT2D eigenvalue weighted by molar-refractivity contribution is 5.89. The fourth-order valence-electron chi connectivity index (χ4n) is 2.64. The molecule has 1 aromatic heterocycles. The second kappa shape index (κ2) is 6.62. The zero-order chi connectivity index (χ0) is 16.4. The molecule has 3 rings (SSSR count). The zero-order valence-electron chi connectivity index (χ0n) is 14.0. The average molecular weight is 316 g/mol. The molecule has 124 valence electrons. The fraction of sp³-hybridized carbons (Fsp3) is 0.500. The summed E-state index contributed by atoms with van der Waals surface area (Å²) in [4.78, 5) is 17.2. The molecule has 1 atom stereocenters. The molecule has 0 radical (unpaired) electrons. The largest absolute Gasteiger partial charge is 0.454 e. The lowest BCUT2D eigenvalue weighted by Crippen LogP contribution is -2.22. The summed E-state index contributed by atoms with van der Waals surface area (Å²) in [6.07, 6.45) is 4.26. The van der Waals surface area contributed by atoms with E-state index >= 15 is 0 Å². The standard InChI is InChI=1S/C18H24N2O3/c1-12(23-18(21)13-7-8-13)22-16-6-4-5-15-17(16)14(11-19-15)9-10-20(2)3/h4-6,11-13,19H,7-10H2,1-3H3. The maximum absolute atomic E-state index is 11.8. The van der Waals surface area contributed by atoms with Crippen LogP contribution >= 0.6 is 0 Å². The van der Waals surface area contributed by atoms with E-state index in [9.17, 15) is 4.79 Å². The molecule has 0 amide bonds. The van der Waals surface area contributed by atoms with Gasteiger partial charge in [0.15, 0.2) is 0 Å². The Balaban J connectivity index is 1.76. The molecule has 0 saturated heterocycles. The molecule has 5 nitrogen and oxygen atoms in total. The van der Waals surface area contributed by atoms with Crippen molar-refractivity contribution in [3.8, 4) is 5.75 Å².